The Morgan fingerprint density at radius 1 is 1.35 bits per heavy atom. The van der Waals surface area contributed by atoms with E-state index in [4.69, 9.17) is 0 Å². The summed E-state index contributed by atoms with van der Waals surface area (Å²) in [5, 5.41) is 22.2. The summed E-state index contributed by atoms with van der Waals surface area (Å²) < 4.78 is 0. The summed E-state index contributed by atoms with van der Waals surface area (Å²) in [6.45, 7) is 3.78. The van der Waals surface area contributed by atoms with Crippen molar-refractivity contribution in [2.24, 2.45) is 5.41 Å². The fraction of sp³-hybridized carbons (Fsp3) is 0.857. The second kappa shape index (κ2) is 6.10. The Balaban J connectivity index is 2.20. The van der Waals surface area contributed by atoms with Crippen molar-refractivity contribution in [3.8, 4) is 0 Å². The Labute approximate surface area is 119 Å². The van der Waals surface area contributed by atoms with E-state index >= 15 is 0 Å². The van der Waals surface area contributed by atoms with Gasteiger partial charge in [-0.25, -0.2) is 4.79 Å². The number of aliphatic carboxylic acids is 1. The Hall–Kier alpha value is -1.14. The number of piperidine rings is 1. The normalized spacial score (nSPS) is 29.4. The Morgan fingerprint density at radius 3 is 2.55 bits per heavy atom. The number of hydrogen-bond acceptors (Lipinski definition) is 4. The molecule has 114 valence electrons. The number of carbonyl (C=O) groups is 2. The number of carboxylic acid groups (broad SMARTS) is 1. The lowest BCUT2D eigenvalue weighted by molar-refractivity contribution is -0.154. The van der Waals surface area contributed by atoms with Crippen LogP contribution in [0.15, 0.2) is 0 Å². The minimum absolute atomic E-state index is 0.0789. The highest BCUT2D eigenvalue weighted by molar-refractivity contribution is 5.88. The molecular weight excluding hydrogens is 260 g/mol. The van der Waals surface area contributed by atoms with Gasteiger partial charge in [-0.15, -0.1) is 0 Å². The van der Waals surface area contributed by atoms with Gasteiger partial charge in [0.15, 0.2) is 0 Å². The fourth-order valence-corrected chi connectivity index (χ4v) is 3.53. The molecule has 0 aromatic carbocycles. The maximum Gasteiger partial charge on any atom is 0.326 e. The largest absolute Gasteiger partial charge is 0.480 e. The van der Waals surface area contributed by atoms with E-state index < -0.39 is 23.5 Å². The first-order valence-electron chi connectivity index (χ1n) is 7.43. The highest BCUT2D eigenvalue weighted by Gasteiger charge is 2.47. The average Bonchev–Trinajstić information content (AvgIpc) is 2.81. The zero-order chi connectivity index (χ0) is 14.8. The molecule has 1 amide bonds. The number of rotatable bonds is 4. The van der Waals surface area contributed by atoms with E-state index in [1.807, 2.05) is 6.92 Å². The Kier molecular flexibility index (Phi) is 4.65. The van der Waals surface area contributed by atoms with E-state index in [1.165, 1.54) is 4.90 Å². The molecule has 0 spiro atoms. The molecule has 0 aromatic heterocycles. The lowest BCUT2D eigenvalue weighted by Gasteiger charge is -2.40. The summed E-state index contributed by atoms with van der Waals surface area (Å²) in [6, 6.07) is -0.874. The van der Waals surface area contributed by atoms with Gasteiger partial charge in [0.2, 0.25) is 5.91 Å². The molecule has 0 radical (unpaired) electrons. The Morgan fingerprint density at radius 2 is 2.00 bits per heavy atom. The highest BCUT2D eigenvalue weighted by atomic mass is 16.4. The minimum atomic E-state index is -1.02. The fourth-order valence-electron chi connectivity index (χ4n) is 3.53. The molecule has 6 heteroatoms. The second-order valence-corrected chi connectivity index (χ2v) is 5.98. The molecule has 0 aromatic rings. The third-order valence-corrected chi connectivity index (χ3v) is 4.57. The van der Waals surface area contributed by atoms with Gasteiger partial charge in [-0.3, -0.25) is 4.79 Å². The number of carboxylic acids is 1. The van der Waals surface area contributed by atoms with E-state index in [1.54, 1.807) is 0 Å². The van der Waals surface area contributed by atoms with Crippen molar-refractivity contribution >= 4 is 11.9 Å². The molecule has 1 unspecified atom stereocenters. The molecule has 2 heterocycles. The molecular formula is C14H24N2O4. The van der Waals surface area contributed by atoms with Gasteiger partial charge >= 0.3 is 5.97 Å². The molecule has 0 aliphatic carbocycles. The SMILES string of the molecule is CCCC1(C(=O)N2CC(O)C[C@H]2C(=O)O)CCNCC1. The standard InChI is InChI=1S/C14H24N2O4/c1-2-3-14(4-6-15-7-5-14)13(20)16-9-10(17)8-11(16)12(18)19/h10-11,15,17H,2-9H2,1H3,(H,18,19)/t10?,11-/m0/s1. The van der Waals surface area contributed by atoms with Crippen LogP contribution in [0.5, 0.6) is 0 Å². The number of hydrogen-bond donors (Lipinski definition) is 3. The van der Waals surface area contributed by atoms with Gasteiger partial charge in [0.1, 0.15) is 6.04 Å². The zero-order valence-electron chi connectivity index (χ0n) is 12.0. The number of likely N-dealkylation sites (tertiary alicyclic amines) is 1. The monoisotopic (exact) mass is 284 g/mol. The first kappa shape index (κ1) is 15.3. The van der Waals surface area contributed by atoms with Gasteiger partial charge in [0, 0.05) is 13.0 Å². The molecule has 0 bridgehead atoms. The second-order valence-electron chi connectivity index (χ2n) is 5.98. The Bertz CT molecular complexity index is 374. The van der Waals surface area contributed by atoms with E-state index in [0.717, 1.165) is 38.8 Å². The first-order chi connectivity index (χ1) is 9.50. The van der Waals surface area contributed by atoms with Crippen molar-refractivity contribution in [1.82, 2.24) is 10.2 Å². The number of β-amino-alcohol motifs (C(OH)–C–C–N with tert-alkyl or cyclic N) is 1. The van der Waals surface area contributed by atoms with Crippen LogP contribution in [0, 0.1) is 5.41 Å². The van der Waals surface area contributed by atoms with Crippen LogP contribution < -0.4 is 5.32 Å². The van der Waals surface area contributed by atoms with E-state index in [-0.39, 0.29) is 18.9 Å². The van der Waals surface area contributed by atoms with E-state index in [0.29, 0.717) is 0 Å². The van der Waals surface area contributed by atoms with Gasteiger partial charge in [-0.05, 0) is 32.4 Å². The summed E-state index contributed by atoms with van der Waals surface area (Å²) in [6.07, 6.45) is 2.60. The van der Waals surface area contributed by atoms with Crippen LogP contribution in [0.3, 0.4) is 0 Å². The lowest BCUT2D eigenvalue weighted by atomic mass is 9.74. The maximum atomic E-state index is 12.9. The number of nitrogens with zero attached hydrogens (tertiary/aromatic N) is 1. The van der Waals surface area contributed by atoms with Crippen molar-refractivity contribution in [2.45, 2.75) is 51.2 Å². The van der Waals surface area contributed by atoms with E-state index in [9.17, 15) is 19.8 Å². The third-order valence-electron chi connectivity index (χ3n) is 4.57. The van der Waals surface area contributed by atoms with Crippen LogP contribution in [0.1, 0.15) is 39.0 Å². The van der Waals surface area contributed by atoms with Crippen LogP contribution in [-0.4, -0.2) is 58.8 Å². The third kappa shape index (κ3) is 2.81. The summed E-state index contributed by atoms with van der Waals surface area (Å²) in [7, 11) is 0. The molecule has 2 rings (SSSR count). The van der Waals surface area contributed by atoms with Crippen LogP contribution >= 0.6 is 0 Å². The van der Waals surface area contributed by atoms with Gasteiger partial charge in [0.05, 0.1) is 11.5 Å². The summed E-state index contributed by atoms with van der Waals surface area (Å²) in [5.41, 5.74) is -0.447. The van der Waals surface area contributed by atoms with E-state index in [2.05, 4.69) is 5.32 Å². The summed E-state index contributed by atoms with van der Waals surface area (Å²) >= 11 is 0. The van der Waals surface area contributed by atoms with Crippen molar-refractivity contribution in [3.05, 3.63) is 0 Å². The van der Waals surface area contributed by atoms with Gasteiger partial charge in [0.25, 0.3) is 0 Å². The first-order valence-corrected chi connectivity index (χ1v) is 7.43. The molecule has 2 aliphatic rings. The number of aliphatic hydroxyl groups is 1. The lowest BCUT2D eigenvalue weighted by Crippen LogP contribution is -2.52. The number of nitrogens with one attached hydrogen (secondary N) is 1. The van der Waals surface area contributed by atoms with Gasteiger partial charge in [-0.2, -0.15) is 0 Å². The van der Waals surface area contributed by atoms with Crippen LogP contribution in [0.4, 0.5) is 0 Å². The molecule has 6 nitrogen and oxygen atoms in total. The predicted octanol–water partition coefficient (Wildman–Crippen LogP) is 0.203. The number of aliphatic hydroxyl groups excluding tert-OH is 1. The molecule has 3 N–H and O–H groups in total. The number of carbonyl (C=O) groups excluding carboxylic acids is 1. The van der Waals surface area contributed by atoms with Crippen molar-refractivity contribution in [2.75, 3.05) is 19.6 Å². The van der Waals surface area contributed by atoms with Gasteiger partial charge in [-0.1, -0.05) is 13.3 Å². The smallest absolute Gasteiger partial charge is 0.326 e. The molecule has 2 aliphatic heterocycles. The minimum Gasteiger partial charge on any atom is -0.480 e. The predicted molar refractivity (Wildman–Crippen MR) is 73.2 cm³/mol. The molecule has 0 saturated carbocycles. The van der Waals surface area contributed by atoms with Gasteiger partial charge < -0.3 is 20.4 Å². The quantitative estimate of drug-likeness (QED) is 0.686. The molecule has 2 saturated heterocycles. The molecule has 20 heavy (non-hydrogen) atoms. The summed E-state index contributed by atoms with van der Waals surface area (Å²) in [4.78, 5) is 25.6. The number of amides is 1. The molecule has 2 atom stereocenters. The van der Waals surface area contributed by atoms with Crippen LogP contribution in [0.2, 0.25) is 0 Å². The average molecular weight is 284 g/mol. The van der Waals surface area contributed by atoms with Crippen molar-refractivity contribution < 1.29 is 19.8 Å². The van der Waals surface area contributed by atoms with Crippen LogP contribution in [0.25, 0.3) is 0 Å². The zero-order valence-corrected chi connectivity index (χ0v) is 12.0. The van der Waals surface area contributed by atoms with Crippen molar-refractivity contribution in [1.29, 1.82) is 0 Å². The van der Waals surface area contributed by atoms with Crippen molar-refractivity contribution in [3.63, 3.8) is 0 Å². The topological polar surface area (TPSA) is 89.9 Å². The molecule has 2 fully saturated rings. The maximum absolute atomic E-state index is 12.9. The highest BCUT2D eigenvalue weighted by Crippen LogP contribution is 2.38. The van der Waals surface area contributed by atoms with Crippen LogP contribution in [-0.2, 0) is 9.59 Å². The summed E-state index contributed by atoms with van der Waals surface area (Å²) in [5.74, 6) is -1.10.